The van der Waals surface area contributed by atoms with E-state index < -0.39 is 11.2 Å². The topological polar surface area (TPSA) is 105 Å². The second-order valence-corrected chi connectivity index (χ2v) is 9.55. The summed E-state index contributed by atoms with van der Waals surface area (Å²) in [6, 6.07) is 19.8. The van der Waals surface area contributed by atoms with Gasteiger partial charge in [-0.15, -0.1) is 0 Å². The molecule has 3 aromatic carbocycles. The molecule has 5 aromatic rings. The molecule has 9 nitrogen and oxygen atoms in total. The van der Waals surface area contributed by atoms with Gasteiger partial charge in [-0.1, -0.05) is 30.3 Å². The normalized spacial score (nSPS) is 11.2. The van der Waals surface area contributed by atoms with Crippen molar-refractivity contribution in [1.29, 1.82) is 0 Å². The highest BCUT2D eigenvalue weighted by Crippen LogP contribution is 2.39. The quantitative estimate of drug-likeness (QED) is 0.310. The van der Waals surface area contributed by atoms with Crippen LogP contribution in [-0.4, -0.2) is 34.4 Å². The molecule has 0 spiro atoms. The summed E-state index contributed by atoms with van der Waals surface area (Å²) < 4.78 is 14.2. The van der Waals surface area contributed by atoms with Crippen molar-refractivity contribution in [2.24, 2.45) is 19.8 Å². The third kappa shape index (κ3) is 4.58. The molecule has 2 N–H and O–H groups in total. The highest BCUT2D eigenvalue weighted by Gasteiger charge is 2.25. The van der Waals surface area contributed by atoms with Gasteiger partial charge in [-0.25, -0.2) is 9.78 Å². The first-order valence-corrected chi connectivity index (χ1v) is 13.2. The van der Waals surface area contributed by atoms with Crippen molar-refractivity contribution in [1.82, 2.24) is 14.1 Å². The van der Waals surface area contributed by atoms with Gasteiger partial charge >= 0.3 is 5.69 Å². The summed E-state index contributed by atoms with van der Waals surface area (Å²) in [5, 5.41) is 2.50. The zero-order valence-electron chi connectivity index (χ0n) is 23.4. The minimum Gasteiger partial charge on any atom is -0.494 e. The summed E-state index contributed by atoms with van der Waals surface area (Å²) in [5.41, 5.74) is 8.61. The maximum Gasteiger partial charge on any atom is 0.332 e. The molecule has 206 valence electrons. The van der Waals surface area contributed by atoms with Crippen LogP contribution in [-0.2, 0) is 20.6 Å². The van der Waals surface area contributed by atoms with Gasteiger partial charge < -0.3 is 20.1 Å². The molecule has 5 rings (SSSR count). The van der Waals surface area contributed by atoms with E-state index in [2.05, 4.69) is 24.3 Å². The maximum atomic E-state index is 13.7. The SMILES string of the molecule is CCOc1cc(OCC)cc(-c2c(CN)c(N(C)c3ccc4ccccc4c3)nc3c2c(=O)n(C)c(=O)n3C)c1. The van der Waals surface area contributed by atoms with Gasteiger partial charge in [0.05, 0.1) is 18.6 Å². The van der Waals surface area contributed by atoms with Gasteiger partial charge in [0.2, 0.25) is 0 Å². The Kier molecular flexibility index (Phi) is 7.32. The Morgan fingerprint density at radius 1 is 0.875 bits per heavy atom. The third-order valence-electron chi connectivity index (χ3n) is 7.10. The lowest BCUT2D eigenvalue weighted by atomic mass is 9.96. The van der Waals surface area contributed by atoms with Crippen molar-refractivity contribution in [2.75, 3.05) is 25.2 Å². The lowest BCUT2D eigenvalue weighted by Gasteiger charge is -2.25. The van der Waals surface area contributed by atoms with E-state index in [-0.39, 0.29) is 12.2 Å². The molecule has 0 radical (unpaired) electrons. The van der Waals surface area contributed by atoms with Gasteiger partial charge in [-0.05, 0) is 54.4 Å². The maximum absolute atomic E-state index is 13.7. The van der Waals surface area contributed by atoms with Gasteiger partial charge in [-0.2, -0.15) is 0 Å². The molecule has 0 bridgehead atoms. The molecule has 0 aliphatic rings. The van der Waals surface area contributed by atoms with Crippen LogP contribution in [0.1, 0.15) is 19.4 Å². The first kappa shape index (κ1) is 27.0. The average molecular weight is 540 g/mol. The highest BCUT2D eigenvalue weighted by atomic mass is 16.5. The summed E-state index contributed by atoms with van der Waals surface area (Å²) in [4.78, 5) is 33.5. The molecule has 0 amide bonds. The minimum absolute atomic E-state index is 0.0976. The second-order valence-electron chi connectivity index (χ2n) is 9.55. The van der Waals surface area contributed by atoms with E-state index in [1.165, 1.54) is 11.6 Å². The summed E-state index contributed by atoms with van der Waals surface area (Å²) in [6.45, 7) is 4.83. The van der Waals surface area contributed by atoms with E-state index in [0.29, 0.717) is 52.6 Å². The number of rotatable bonds is 8. The molecule has 2 aromatic heterocycles. The monoisotopic (exact) mass is 539 g/mol. The predicted molar refractivity (Wildman–Crippen MR) is 160 cm³/mol. The lowest BCUT2D eigenvalue weighted by molar-refractivity contribution is 0.323. The van der Waals surface area contributed by atoms with E-state index in [0.717, 1.165) is 21.0 Å². The van der Waals surface area contributed by atoms with E-state index >= 15 is 0 Å². The molecule has 0 atom stereocenters. The first-order valence-electron chi connectivity index (χ1n) is 13.2. The molecule has 2 heterocycles. The Labute approximate surface area is 232 Å². The van der Waals surface area contributed by atoms with Crippen molar-refractivity contribution in [3.8, 4) is 22.6 Å². The molecule has 0 saturated heterocycles. The molecule has 9 heteroatoms. The van der Waals surface area contributed by atoms with Crippen molar-refractivity contribution >= 4 is 33.3 Å². The molecule has 0 unspecified atom stereocenters. The van der Waals surface area contributed by atoms with Crippen LogP contribution >= 0.6 is 0 Å². The number of hydrogen-bond acceptors (Lipinski definition) is 7. The molecule has 0 saturated carbocycles. The first-order chi connectivity index (χ1) is 19.3. The largest absolute Gasteiger partial charge is 0.494 e. The predicted octanol–water partition coefficient (Wildman–Crippen LogP) is 4.48. The van der Waals surface area contributed by atoms with E-state index in [4.69, 9.17) is 20.2 Å². The average Bonchev–Trinajstić information content (AvgIpc) is 2.97. The fraction of sp³-hybridized carbons (Fsp3) is 0.258. The van der Waals surface area contributed by atoms with Crippen molar-refractivity contribution in [3.05, 3.63) is 87.1 Å². The fourth-order valence-corrected chi connectivity index (χ4v) is 5.13. The molecule has 40 heavy (non-hydrogen) atoms. The summed E-state index contributed by atoms with van der Waals surface area (Å²) in [5.74, 6) is 1.74. The molecular weight excluding hydrogens is 506 g/mol. The van der Waals surface area contributed by atoms with Gasteiger partial charge in [0.25, 0.3) is 5.56 Å². The molecule has 0 aliphatic carbocycles. The van der Waals surface area contributed by atoms with E-state index in [9.17, 15) is 9.59 Å². The van der Waals surface area contributed by atoms with Crippen LogP contribution in [0.15, 0.2) is 70.3 Å². The molecular formula is C31H33N5O4. The zero-order chi connectivity index (χ0) is 28.6. The van der Waals surface area contributed by atoms with Gasteiger partial charge in [0.15, 0.2) is 5.65 Å². The van der Waals surface area contributed by atoms with E-state index in [1.807, 2.05) is 62.2 Å². The Morgan fingerprint density at radius 3 is 2.15 bits per heavy atom. The van der Waals surface area contributed by atoms with Crippen LogP contribution < -0.4 is 31.4 Å². The number of anilines is 2. The highest BCUT2D eigenvalue weighted by molar-refractivity contribution is 5.98. The number of fused-ring (bicyclic) bond motifs is 2. The summed E-state index contributed by atoms with van der Waals surface area (Å²) >= 11 is 0. The number of aromatic nitrogens is 3. The fourth-order valence-electron chi connectivity index (χ4n) is 5.13. The molecule has 0 fully saturated rings. The summed E-state index contributed by atoms with van der Waals surface area (Å²) in [6.07, 6.45) is 0. The number of hydrogen-bond donors (Lipinski definition) is 1. The standard InChI is InChI=1S/C31H33N5O4/c1-6-39-23-15-21(16-24(17-23)40-7-2)26-25(18-32)28(33-29-27(26)30(37)36(5)31(38)35(29)4)34(3)22-13-12-19-10-8-9-11-20(19)14-22/h8-17H,6-7,18,32H2,1-5H3. The minimum atomic E-state index is -0.464. The van der Waals surface area contributed by atoms with Crippen LogP contribution in [0.4, 0.5) is 11.5 Å². The number of nitrogens with two attached hydrogens (primary N) is 1. The van der Waals surface area contributed by atoms with Crippen LogP contribution in [0.25, 0.3) is 32.9 Å². The van der Waals surface area contributed by atoms with Crippen molar-refractivity contribution < 1.29 is 9.47 Å². The third-order valence-corrected chi connectivity index (χ3v) is 7.10. The van der Waals surface area contributed by atoms with Gasteiger partial charge in [0, 0.05) is 50.6 Å². The Hall–Kier alpha value is -4.63. The van der Waals surface area contributed by atoms with Crippen molar-refractivity contribution in [3.63, 3.8) is 0 Å². The Balaban J connectivity index is 1.88. The summed E-state index contributed by atoms with van der Waals surface area (Å²) in [7, 11) is 4.99. The molecule has 0 aliphatic heterocycles. The van der Waals surface area contributed by atoms with Crippen LogP contribution in [0.5, 0.6) is 11.5 Å². The number of aryl methyl sites for hydroxylation is 1. The van der Waals surface area contributed by atoms with Crippen LogP contribution in [0.2, 0.25) is 0 Å². The number of pyridine rings is 1. The Bertz CT molecular complexity index is 1830. The Morgan fingerprint density at radius 2 is 1.52 bits per heavy atom. The van der Waals surface area contributed by atoms with Gasteiger partial charge in [-0.3, -0.25) is 13.9 Å². The number of ether oxygens (including phenoxy) is 2. The zero-order valence-corrected chi connectivity index (χ0v) is 23.4. The van der Waals surface area contributed by atoms with E-state index in [1.54, 1.807) is 7.05 Å². The van der Waals surface area contributed by atoms with Crippen LogP contribution in [0.3, 0.4) is 0 Å². The smallest absolute Gasteiger partial charge is 0.332 e. The van der Waals surface area contributed by atoms with Gasteiger partial charge in [0.1, 0.15) is 17.3 Å². The van der Waals surface area contributed by atoms with Crippen molar-refractivity contribution in [2.45, 2.75) is 20.4 Å². The lowest BCUT2D eigenvalue weighted by Crippen LogP contribution is -2.38. The number of nitrogens with zero attached hydrogens (tertiary/aromatic N) is 4. The number of benzene rings is 3. The second kappa shape index (κ2) is 10.9. The van der Waals surface area contributed by atoms with Crippen LogP contribution in [0, 0.1) is 0 Å².